The van der Waals surface area contributed by atoms with E-state index in [-0.39, 0.29) is 11.9 Å². The summed E-state index contributed by atoms with van der Waals surface area (Å²) in [6, 6.07) is 0.249. The molecule has 1 aliphatic carbocycles. The lowest BCUT2D eigenvalue weighted by Crippen LogP contribution is -2.43. The van der Waals surface area contributed by atoms with E-state index in [9.17, 15) is 4.79 Å². The SMILES string of the molecule is CC1(C)CCC(N2CCC(N)C2=O)CC1. The van der Waals surface area contributed by atoms with E-state index in [0.29, 0.717) is 11.5 Å². The number of nitrogens with two attached hydrogens (primary N) is 1. The fraction of sp³-hybridized carbons (Fsp3) is 0.917. The van der Waals surface area contributed by atoms with Crippen LogP contribution in [0, 0.1) is 5.41 Å². The van der Waals surface area contributed by atoms with Gasteiger partial charge in [-0.3, -0.25) is 4.79 Å². The Hall–Kier alpha value is -0.570. The number of hydrogen-bond acceptors (Lipinski definition) is 2. The molecular formula is C12H22N2O. The third kappa shape index (κ3) is 2.17. The molecule has 2 fully saturated rings. The van der Waals surface area contributed by atoms with Crippen LogP contribution in [0.3, 0.4) is 0 Å². The minimum absolute atomic E-state index is 0.180. The predicted molar refractivity (Wildman–Crippen MR) is 60.3 cm³/mol. The lowest BCUT2D eigenvalue weighted by molar-refractivity contribution is -0.131. The van der Waals surface area contributed by atoms with Crippen LogP contribution in [0.2, 0.25) is 0 Å². The highest BCUT2D eigenvalue weighted by molar-refractivity contribution is 5.84. The van der Waals surface area contributed by atoms with Crippen LogP contribution in [0.5, 0.6) is 0 Å². The van der Waals surface area contributed by atoms with Gasteiger partial charge in [-0.05, 0) is 37.5 Å². The van der Waals surface area contributed by atoms with Gasteiger partial charge in [0.1, 0.15) is 0 Å². The Labute approximate surface area is 92.0 Å². The molecule has 1 atom stereocenters. The highest BCUT2D eigenvalue weighted by Gasteiger charge is 2.37. The Bertz CT molecular complexity index is 252. The van der Waals surface area contributed by atoms with Gasteiger partial charge in [0.05, 0.1) is 6.04 Å². The summed E-state index contributed by atoms with van der Waals surface area (Å²) in [6.45, 7) is 5.52. The molecule has 1 amide bonds. The fourth-order valence-corrected chi connectivity index (χ4v) is 2.78. The maximum absolute atomic E-state index is 11.8. The Morgan fingerprint density at radius 2 is 1.87 bits per heavy atom. The Morgan fingerprint density at radius 3 is 2.33 bits per heavy atom. The second-order valence-electron chi connectivity index (χ2n) is 5.82. The summed E-state index contributed by atoms with van der Waals surface area (Å²) in [6.07, 6.45) is 5.63. The summed E-state index contributed by atoms with van der Waals surface area (Å²) in [5.41, 5.74) is 6.21. The first-order valence-electron chi connectivity index (χ1n) is 6.06. The van der Waals surface area contributed by atoms with Crippen molar-refractivity contribution in [1.29, 1.82) is 0 Å². The zero-order chi connectivity index (χ0) is 11.1. The Balaban J connectivity index is 1.94. The number of nitrogens with zero attached hydrogens (tertiary/aromatic N) is 1. The topological polar surface area (TPSA) is 46.3 Å². The van der Waals surface area contributed by atoms with Crippen LogP contribution in [-0.4, -0.2) is 29.4 Å². The van der Waals surface area contributed by atoms with Crippen molar-refractivity contribution >= 4 is 5.91 Å². The van der Waals surface area contributed by atoms with Gasteiger partial charge in [0.2, 0.25) is 5.91 Å². The molecule has 1 aliphatic heterocycles. The number of rotatable bonds is 1. The molecule has 0 aromatic rings. The van der Waals surface area contributed by atoms with Crippen LogP contribution in [-0.2, 0) is 4.79 Å². The van der Waals surface area contributed by atoms with Gasteiger partial charge in [-0.1, -0.05) is 13.8 Å². The average molecular weight is 210 g/mol. The second kappa shape index (κ2) is 3.78. The normalized spacial score (nSPS) is 32.3. The summed E-state index contributed by atoms with van der Waals surface area (Å²) in [7, 11) is 0. The number of hydrogen-bond donors (Lipinski definition) is 1. The average Bonchev–Trinajstić information content (AvgIpc) is 2.49. The van der Waals surface area contributed by atoms with E-state index in [1.165, 1.54) is 12.8 Å². The molecule has 1 saturated carbocycles. The van der Waals surface area contributed by atoms with E-state index in [4.69, 9.17) is 5.73 Å². The quantitative estimate of drug-likeness (QED) is 0.713. The molecule has 2 aliphatic rings. The molecule has 0 bridgehead atoms. The van der Waals surface area contributed by atoms with Gasteiger partial charge in [0, 0.05) is 12.6 Å². The molecule has 2 rings (SSSR count). The van der Waals surface area contributed by atoms with Crippen molar-refractivity contribution in [3.8, 4) is 0 Å². The zero-order valence-electron chi connectivity index (χ0n) is 9.83. The molecule has 3 heteroatoms. The minimum atomic E-state index is -0.222. The molecule has 2 N–H and O–H groups in total. The number of carbonyl (C=O) groups excluding carboxylic acids is 1. The highest BCUT2D eigenvalue weighted by atomic mass is 16.2. The molecule has 1 saturated heterocycles. The van der Waals surface area contributed by atoms with Crippen molar-refractivity contribution in [2.45, 2.75) is 58.0 Å². The van der Waals surface area contributed by atoms with Gasteiger partial charge in [0.25, 0.3) is 0 Å². The van der Waals surface area contributed by atoms with Gasteiger partial charge in [0.15, 0.2) is 0 Å². The van der Waals surface area contributed by atoms with E-state index < -0.39 is 0 Å². The van der Waals surface area contributed by atoms with Gasteiger partial charge >= 0.3 is 0 Å². The first kappa shape index (κ1) is 10.9. The van der Waals surface area contributed by atoms with Crippen molar-refractivity contribution in [1.82, 2.24) is 4.90 Å². The van der Waals surface area contributed by atoms with Crippen LogP contribution in [0.4, 0.5) is 0 Å². The second-order valence-corrected chi connectivity index (χ2v) is 5.82. The van der Waals surface area contributed by atoms with E-state index in [1.54, 1.807) is 0 Å². The molecular weight excluding hydrogens is 188 g/mol. The predicted octanol–water partition coefficient (Wildman–Crippen LogP) is 1.51. The summed E-state index contributed by atoms with van der Waals surface area (Å²) < 4.78 is 0. The van der Waals surface area contributed by atoms with Crippen molar-refractivity contribution in [2.75, 3.05) is 6.54 Å². The molecule has 0 aromatic heterocycles. The molecule has 1 heterocycles. The van der Waals surface area contributed by atoms with Crippen LogP contribution in [0.25, 0.3) is 0 Å². The Morgan fingerprint density at radius 1 is 1.27 bits per heavy atom. The Kier molecular flexibility index (Phi) is 2.75. The maximum Gasteiger partial charge on any atom is 0.239 e. The molecule has 0 radical (unpaired) electrons. The van der Waals surface area contributed by atoms with Crippen LogP contribution >= 0.6 is 0 Å². The van der Waals surface area contributed by atoms with Crippen LogP contribution < -0.4 is 5.73 Å². The molecule has 0 spiro atoms. The summed E-state index contributed by atoms with van der Waals surface area (Å²) in [4.78, 5) is 13.8. The summed E-state index contributed by atoms with van der Waals surface area (Å²) >= 11 is 0. The molecule has 86 valence electrons. The molecule has 15 heavy (non-hydrogen) atoms. The van der Waals surface area contributed by atoms with Gasteiger partial charge in [-0.15, -0.1) is 0 Å². The molecule has 0 aromatic carbocycles. The first-order valence-corrected chi connectivity index (χ1v) is 6.06. The fourth-order valence-electron chi connectivity index (χ4n) is 2.78. The smallest absolute Gasteiger partial charge is 0.239 e. The van der Waals surface area contributed by atoms with E-state index in [1.807, 2.05) is 4.90 Å². The van der Waals surface area contributed by atoms with Crippen molar-refractivity contribution in [3.05, 3.63) is 0 Å². The van der Waals surface area contributed by atoms with Gasteiger partial charge in [-0.2, -0.15) is 0 Å². The van der Waals surface area contributed by atoms with E-state index in [2.05, 4.69) is 13.8 Å². The highest BCUT2D eigenvalue weighted by Crippen LogP contribution is 2.37. The van der Waals surface area contributed by atoms with Crippen LogP contribution in [0.1, 0.15) is 46.0 Å². The number of amides is 1. The largest absolute Gasteiger partial charge is 0.338 e. The summed E-state index contributed by atoms with van der Waals surface area (Å²) in [5.74, 6) is 0.180. The monoisotopic (exact) mass is 210 g/mol. The van der Waals surface area contributed by atoms with Crippen molar-refractivity contribution in [2.24, 2.45) is 11.1 Å². The minimum Gasteiger partial charge on any atom is -0.338 e. The third-order valence-corrected chi connectivity index (χ3v) is 4.03. The lowest BCUT2D eigenvalue weighted by Gasteiger charge is -2.38. The third-order valence-electron chi connectivity index (χ3n) is 4.03. The van der Waals surface area contributed by atoms with E-state index in [0.717, 1.165) is 25.8 Å². The molecule has 3 nitrogen and oxygen atoms in total. The van der Waals surface area contributed by atoms with Crippen molar-refractivity contribution in [3.63, 3.8) is 0 Å². The standard InChI is InChI=1S/C12H22N2O/c1-12(2)6-3-9(4-7-12)14-8-5-10(13)11(14)15/h9-10H,3-8,13H2,1-2H3. The van der Waals surface area contributed by atoms with Gasteiger partial charge in [-0.25, -0.2) is 0 Å². The number of likely N-dealkylation sites (tertiary alicyclic amines) is 1. The maximum atomic E-state index is 11.8. The van der Waals surface area contributed by atoms with Gasteiger partial charge < -0.3 is 10.6 Å². The summed E-state index contributed by atoms with van der Waals surface area (Å²) in [5, 5.41) is 0. The van der Waals surface area contributed by atoms with Crippen LogP contribution in [0.15, 0.2) is 0 Å². The van der Waals surface area contributed by atoms with Crippen molar-refractivity contribution < 1.29 is 4.79 Å². The lowest BCUT2D eigenvalue weighted by atomic mass is 9.75. The number of carbonyl (C=O) groups is 1. The zero-order valence-corrected chi connectivity index (χ0v) is 9.83. The molecule has 1 unspecified atom stereocenters. The van der Waals surface area contributed by atoms with E-state index >= 15 is 0 Å². The first-order chi connectivity index (χ1) is 6.99.